The highest BCUT2D eigenvalue weighted by atomic mass is 32.1. The fraction of sp³-hybridized carbons (Fsp3) is 0.429. The van der Waals surface area contributed by atoms with Gasteiger partial charge in [0, 0.05) is 25.4 Å². The van der Waals surface area contributed by atoms with Crippen LogP contribution in [0, 0.1) is 0 Å². The van der Waals surface area contributed by atoms with E-state index in [4.69, 9.17) is 4.74 Å². The Labute approximate surface area is 129 Å². The largest absolute Gasteiger partial charge is 0.371 e. The predicted octanol–water partition coefficient (Wildman–Crippen LogP) is 2.68. The first-order valence-electron chi connectivity index (χ1n) is 6.83. The number of amides is 1. The third kappa shape index (κ3) is 2.89. The van der Waals surface area contributed by atoms with Gasteiger partial charge in [-0.25, -0.2) is 8.78 Å². The van der Waals surface area contributed by atoms with Gasteiger partial charge in [0.1, 0.15) is 6.10 Å². The van der Waals surface area contributed by atoms with Crippen molar-refractivity contribution in [3.8, 4) is 0 Å². The summed E-state index contributed by atoms with van der Waals surface area (Å²) >= 11 is 0.889. The summed E-state index contributed by atoms with van der Waals surface area (Å²) in [7, 11) is 1.80. The molecule has 0 aromatic carbocycles. The van der Waals surface area contributed by atoms with Crippen molar-refractivity contribution in [1.29, 1.82) is 0 Å². The summed E-state index contributed by atoms with van der Waals surface area (Å²) in [5, 5.41) is 8.40. The number of hydrogen-bond acceptors (Lipinski definition) is 4. The van der Waals surface area contributed by atoms with Crippen molar-refractivity contribution in [3.05, 3.63) is 39.8 Å². The Morgan fingerprint density at radius 3 is 3.09 bits per heavy atom. The molecule has 0 bridgehead atoms. The average molecular weight is 327 g/mol. The molecule has 1 fully saturated rings. The van der Waals surface area contributed by atoms with E-state index < -0.39 is 12.3 Å². The van der Waals surface area contributed by atoms with Crippen LogP contribution in [0.2, 0.25) is 0 Å². The van der Waals surface area contributed by atoms with Crippen LogP contribution in [0.4, 0.5) is 8.78 Å². The van der Waals surface area contributed by atoms with Gasteiger partial charge >= 0.3 is 0 Å². The minimum atomic E-state index is -2.64. The molecule has 3 rings (SSSR count). The smallest absolute Gasteiger partial charge is 0.273 e. The maximum Gasteiger partial charge on any atom is 0.273 e. The first-order valence-corrected chi connectivity index (χ1v) is 7.70. The molecule has 2 aromatic rings. The van der Waals surface area contributed by atoms with Crippen molar-refractivity contribution in [2.45, 2.75) is 25.0 Å². The topological polar surface area (TPSA) is 56.1 Å². The number of aryl methyl sites for hydroxylation is 1. The van der Waals surface area contributed by atoms with E-state index >= 15 is 0 Å². The van der Waals surface area contributed by atoms with Crippen LogP contribution < -0.4 is 5.32 Å². The van der Waals surface area contributed by atoms with E-state index in [-0.39, 0.29) is 22.6 Å². The minimum absolute atomic E-state index is 0.0387. The van der Waals surface area contributed by atoms with Gasteiger partial charge in [-0.15, -0.1) is 11.3 Å². The number of thiophene rings is 1. The zero-order valence-corrected chi connectivity index (χ0v) is 12.6. The third-order valence-electron chi connectivity index (χ3n) is 3.60. The Kier molecular flexibility index (Phi) is 4.21. The van der Waals surface area contributed by atoms with Gasteiger partial charge < -0.3 is 10.1 Å². The summed E-state index contributed by atoms with van der Waals surface area (Å²) in [6.45, 7) is 0.510. The van der Waals surface area contributed by atoms with E-state index in [1.54, 1.807) is 17.9 Å². The Bertz CT molecular complexity index is 671. The number of nitrogens with zero attached hydrogens (tertiary/aromatic N) is 2. The molecule has 8 heteroatoms. The molecule has 2 aromatic heterocycles. The Hall–Kier alpha value is -1.80. The monoisotopic (exact) mass is 327 g/mol. The van der Waals surface area contributed by atoms with Crippen molar-refractivity contribution >= 4 is 17.2 Å². The normalized spacial score (nSPS) is 21.5. The average Bonchev–Trinajstić information content (AvgIpc) is 3.17. The van der Waals surface area contributed by atoms with Crippen molar-refractivity contribution in [2.75, 3.05) is 6.61 Å². The molecular weight excluding hydrogens is 312 g/mol. The summed E-state index contributed by atoms with van der Waals surface area (Å²) in [5.74, 6) is -0.485. The molecule has 1 N–H and O–H groups in total. The summed E-state index contributed by atoms with van der Waals surface area (Å²) in [5.41, 5.74) is 0.904. The number of alkyl halides is 2. The maximum absolute atomic E-state index is 12.9. The van der Waals surface area contributed by atoms with Crippen molar-refractivity contribution in [2.24, 2.45) is 7.05 Å². The van der Waals surface area contributed by atoms with Gasteiger partial charge in [-0.2, -0.15) is 5.10 Å². The molecule has 0 saturated carbocycles. The highest BCUT2D eigenvalue weighted by Crippen LogP contribution is 2.31. The van der Waals surface area contributed by atoms with Crippen LogP contribution >= 0.6 is 11.3 Å². The predicted molar refractivity (Wildman–Crippen MR) is 77.0 cm³/mol. The number of rotatable bonds is 4. The van der Waals surface area contributed by atoms with Gasteiger partial charge in [0.2, 0.25) is 0 Å². The molecule has 2 atom stereocenters. The number of carbonyl (C=O) groups excluding carboxylic acids is 1. The van der Waals surface area contributed by atoms with Crippen LogP contribution in [-0.2, 0) is 11.8 Å². The molecule has 0 radical (unpaired) electrons. The van der Waals surface area contributed by atoms with E-state index in [0.717, 1.165) is 16.9 Å². The van der Waals surface area contributed by atoms with Gasteiger partial charge in [0.25, 0.3) is 12.3 Å². The standard InChI is InChI=1S/C14H15F2N3O2S/c1-19-7-8(6-17-19)11-10(2-4-21-11)18-14(20)9-3-5-22-12(9)13(15)16/h3,5-7,10-11,13H,2,4H2,1H3,(H,18,20)/t10-,11+/m1/s1. The molecule has 1 saturated heterocycles. The summed E-state index contributed by atoms with van der Waals surface area (Å²) in [4.78, 5) is 12.1. The van der Waals surface area contributed by atoms with Gasteiger partial charge in [0.15, 0.2) is 0 Å². The van der Waals surface area contributed by atoms with Crippen LogP contribution in [0.5, 0.6) is 0 Å². The molecule has 1 aliphatic heterocycles. The molecular formula is C14H15F2N3O2S. The zero-order chi connectivity index (χ0) is 15.7. The maximum atomic E-state index is 12.9. The molecule has 3 heterocycles. The molecule has 0 spiro atoms. The first kappa shape index (κ1) is 15.1. The number of carbonyl (C=O) groups is 1. The summed E-state index contributed by atoms with van der Waals surface area (Å²) in [6.07, 6.45) is 1.20. The highest BCUT2D eigenvalue weighted by Gasteiger charge is 2.33. The van der Waals surface area contributed by atoms with Crippen molar-refractivity contribution < 1.29 is 18.3 Å². The fourth-order valence-electron chi connectivity index (χ4n) is 2.58. The van der Waals surface area contributed by atoms with Crippen LogP contribution in [0.25, 0.3) is 0 Å². The number of ether oxygens (including phenoxy) is 1. The van der Waals surface area contributed by atoms with E-state index in [0.29, 0.717) is 13.0 Å². The fourth-order valence-corrected chi connectivity index (χ4v) is 3.32. The van der Waals surface area contributed by atoms with Crippen LogP contribution in [0.1, 0.15) is 39.7 Å². The molecule has 1 amide bonds. The molecule has 1 aliphatic rings. The summed E-state index contributed by atoms with van der Waals surface area (Å²) < 4.78 is 33.1. The molecule has 5 nitrogen and oxygen atoms in total. The van der Waals surface area contributed by atoms with Crippen LogP contribution in [-0.4, -0.2) is 28.3 Å². The Morgan fingerprint density at radius 2 is 2.41 bits per heavy atom. The van der Waals surface area contributed by atoms with Gasteiger partial charge in [-0.05, 0) is 17.9 Å². The second-order valence-corrected chi connectivity index (χ2v) is 6.05. The zero-order valence-electron chi connectivity index (χ0n) is 11.8. The number of nitrogens with one attached hydrogen (secondary N) is 1. The quantitative estimate of drug-likeness (QED) is 0.939. The summed E-state index contributed by atoms with van der Waals surface area (Å²) in [6, 6.07) is 1.18. The lowest BCUT2D eigenvalue weighted by molar-refractivity contribution is 0.0815. The third-order valence-corrected chi connectivity index (χ3v) is 4.52. The Balaban J connectivity index is 1.74. The van der Waals surface area contributed by atoms with E-state index in [1.807, 2.05) is 6.20 Å². The Morgan fingerprint density at radius 1 is 1.59 bits per heavy atom. The lowest BCUT2D eigenvalue weighted by atomic mass is 10.0. The van der Waals surface area contributed by atoms with Gasteiger partial charge in [-0.1, -0.05) is 0 Å². The van der Waals surface area contributed by atoms with Crippen LogP contribution in [0.15, 0.2) is 23.8 Å². The SMILES string of the molecule is Cn1cc([C@@H]2OCC[C@H]2NC(=O)c2ccsc2C(F)F)cn1. The van der Waals surface area contributed by atoms with Crippen LogP contribution in [0.3, 0.4) is 0 Å². The lowest BCUT2D eigenvalue weighted by Crippen LogP contribution is -2.37. The van der Waals surface area contributed by atoms with Gasteiger partial charge in [0.05, 0.1) is 22.7 Å². The first-order chi connectivity index (χ1) is 10.6. The van der Waals surface area contributed by atoms with Crippen molar-refractivity contribution in [3.63, 3.8) is 0 Å². The molecule has 118 valence electrons. The van der Waals surface area contributed by atoms with Crippen molar-refractivity contribution in [1.82, 2.24) is 15.1 Å². The van der Waals surface area contributed by atoms with E-state index in [9.17, 15) is 13.6 Å². The number of hydrogen-bond donors (Lipinski definition) is 1. The van der Waals surface area contributed by atoms with E-state index in [2.05, 4.69) is 10.4 Å². The lowest BCUT2D eigenvalue weighted by Gasteiger charge is -2.18. The number of halogens is 2. The van der Waals surface area contributed by atoms with E-state index in [1.165, 1.54) is 11.4 Å². The van der Waals surface area contributed by atoms with Gasteiger partial charge in [-0.3, -0.25) is 9.48 Å². The minimum Gasteiger partial charge on any atom is -0.371 e. The molecule has 22 heavy (non-hydrogen) atoms. The second kappa shape index (κ2) is 6.13. The second-order valence-electron chi connectivity index (χ2n) is 5.11. The number of aromatic nitrogens is 2. The molecule has 0 unspecified atom stereocenters. The molecule has 0 aliphatic carbocycles. The highest BCUT2D eigenvalue weighted by molar-refractivity contribution is 7.10.